The predicted octanol–water partition coefficient (Wildman–Crippen LogP) is 5.63. The van der Waals surface area contributed by atoms with E-state index in [1.54, 1.807) is 12.1 Å². The Morgan fingerprint density at radius 2 is 1.68 bits per heavy atom. The molecule has 0 bridgehead atoms. The van der Waals surface area contributed by atoms with E-state index in [1.165, 1.54) is 18.2 Å². The summed E-state index contributed by atoms with van der Waals surface area (Å²) in [4.78, 5) is 13.3. The lowest BCUT2D eigenvalue weighted by Crippen LogP contribution is -2.33. The Kier molecular flexibility index (Phi) is 6.80. The van der Waals surface area contributed by atoms with Crippen molar-refractivity contribution in [3.63, 3.8) is 0 Å². The van der Waals surface area contributed by atoms with E-state index in [0.29, 0.717) is 36.8 Å². The van der Waals surface area contributed by atoms with Crippen LogP contribution in [0.1, 0.15) is 49.7 Å². The molecule has 0 atom stereocenters. The first kappa shape index (κ1) is 24.7. The lowest BCUT2D eigenvalue weighted by molar-refractivity contribution is -0.0134. The number of ether oxygens (including phenoxy) is 1. The largest absolute Gasteiger partial charge is 0.508 e. The maximum Gasteiger partial charge on any atom is 0.238 e. The van der Waals surface area contributed by atoms with Crippen LogP contribution in [0.2, 0.25) is 0 Å². The molecule has 1 aromatic heterocycles. The number of hydrogen-bond acceptors (Lipinski definition) is 7. The van der Waals surface area contributed by atoms with E-state index in [-0.39, 0.29) is 40.6 Å². The van der Waals surface area contributed by atoms with Gasteiger partial charge in [-0.3, -0.25) is 4.79 Å². The molecule has 4 aromatic rings. The van der Waals surface area contributed by atoms with E-state index in [4.69, 9.17) is 9.15 Å². The summed E-state index contributed by atoms with van der Waals surface area (Å²) < 4.78 is 11.7. The van der Waals surface area contributed by atoms with Gasteiger partial charge >= 0.3 is 0 Å². The molecule has 0 saturated heterocycles. The van der Waals surface area contributed by atoms with Crippen molar-refractivity contribution in [1.29, 1.82) is 0 Å². The molecule has 192 valence electrons. The molecule has 5 rings (SSSR count). The zero-order valence-corrected chi connectivity index (χ0v) is 20.4. The molecule has 7 heteroatoms. The van der Waals surface area contributed by atoms with Crippen molar-refractivity contribution in [2.45, 2.75) is 50.5 Å². The van der Waals surface area contributed by atoms with Gasteiger partial charge in [-0.15, -0.1) is 0 Å². The summed E-state index contributed by atoms with van der Waals surface area (Å²) >= 11 is 0. The summed E-state index contributed by atoms with van der Waals surface area (Å²) in [6.07, 6.45) is 5.32. The van der Waals surface area contributed by atoms with Crippen LogP contribution in [0.4, 0.5) is 0 Å². The van der Waals surface area contributed by atoms with Crippen LogP contribution < -0.4 is 10.2 Å². The van der Waals surface area contributed by atoms with Crippen molar-refractivity contribution in [3.8, 4) is 34.3 Å². The maximum absolute atomic E-state index is 13.3. The minimum Gasteiger partial charge on any atom is -0.508 e. The number of aromatic hydroxyl groups is 3. The molecular weight excluding hydrogens is 472 g/mol. The molecule has 0 aliphatic heterocycles. The summed E-state index contributed by atoms with van der Waals surface area (Å²) in [5, 5.41) is 42.3. The van der Waals surface area contributed by atoms with Gasteiger partial charge in [-0.1, -0.05) is 49.6 Å². The van der Waals surface area contributed by atoms with E-state index in [0.717, 1.165) is 24.8 Å². The highest BCUT2D eigenvalue weighted by molar-refractivity contribution is 5.88. The SMILES string of the molecule is O=c1c(O)c(-c2ccc(O)c(Cc3ccccc3)c2)oc2cc(O)cc(OCCC3(O)CCCCC3)c12. The van der Waals surface area contributed by atoms with Gasteiger partial charge in [0.2, 0.25) is 11.2 Å². The Labute approximate surface area is 214 Å². The lowest BCUT2D eigenvalue weighted by Gasteiger charge is -2.31. The first-order valence-electron chi connectivity index (χ1n) is 12.6. The van der Waals surface area contributed by atoms with Gasteiger partial charge in [0, 0.05) is 30.5 Å². The van der Waals surface area contributed by atoms with Crippen LogP contribution >= 0.6 is 0 Å². The average molecular weight is 503 g/mol. The molecule has 37 heavy (non-hydrogen) atoms. The first-order chi connectivity index (χ1) is 17.8. The van der Waals surface area contributed by atoms with Gasteiger partial charge in [0.25, 0.3) is 0 Å². The number of benzene rings is 3. The Morgan fingerprint density at radius 1 is 0.919 bits per heavy atom. The molecule has 1 heterocycles. The summed E-state index contributed by atoms with van der Waals surface area (Å²) in [5.74, 6) is -0.650. The number of rotatable bonds is 7. The molecule has 0 amide bonds. The molecule has 4 N–H and O–H groups in total. The van der Waals surface area contributed by atoms with E-state index < -0.39 is 16.8 Å². The predicted molar refractivity (Wildman–Crippen MR) is 140 cm³/mol. The molecule has 1 fully saturated rings. The first-order valence-corrected chi connectivity index (χ1v) is 12.6. The third-order valence-corrected chi connectivity index (χ3v) is 7.11. The number of phenolic OH excluding ortho intramolecular Hbond substituents is 2. The van der Waals surface area contributed by atoms with Crippen LogP contribution in [0.25, 0.3) is 22.3 Å². The number of hydrogen-bond donors (Lipinski definition) is 4. The Morgan fingerprint density at radius 3 is 2.43 bits per heavy atom. The molecule has 1 aliphatic carbocycles. The quantitative estimate of drug-likeness (QED) is 0.258. The Hall–Kier alpha value is -3.97. The maximum atomic E-state index is 13.3. The summed E-state index contributed by atoms with van der Waals surface area (Å²) in [7, 11) is 0. The topological polar surface area (TPSA) is 120 Å². The van der Waals surface area contributed by atoms with Crippen molar-refractivity contribution in [2.75, 3.05) is 6.61 Å². The van der Waals surface area contributed by atoms with Crippen molar-refractivity contribution in [1.82, 2.24) is 0 Å². The second kappa shape index (κ2) is 10.2. The number of phenols is 2. The zero-order valence-electron chi connectivity index (χ0n) is 20.4. The van der Waals surface area contributed by atoms with Gasteiger partial charge in [-0.25, -0.2) is 0 Å². The monoisotopic (exact) mass is 502 g/mol. The number of aliphatic hydroxyl groups is 1. The highest BCUT2D eigenvalue weighted by Gasteiger charge is 2.29. The van der Waals surface area contributed by atoms with E-state index >= 15 is 0 Å². The Balaban J connectivity index is 1.48. The fraction of sp³-hybridized carbons (Fsp3) is 0.300. The van der Waals surface area contributed by atoms with Gasteiger partial charge in [0.1, 0.15) is 28.2 Å². The summed E-state index contributed by atoms with van der Waals surface area (Å²) in [6, 6.07) is 16.9. The standard InChI is InChI=1S/C30H30O7/c31-22-17-24(36-14-13-30(35)11-5-2-6-12-30)26-25(18-22)37-29(28(34)27(26)33)20-9-10-23(32)21(16-20)15-19-7-3-1-4-8-19/h1,3-4,7-10,16-18,31-32,34-35H,2,5-6,11-15H2. The fourth-order valence-corrected chi connectivity index (χ4v) is 5.06. The van der Waals surface area contributed by atoms with Gasteiger partial charge in [-0.2, -0.15) is 0 Å². The zero-order chi connectivity index (χ0) is 26.0. The third kappa shape index (κ3) is 5.27. The van der Waals surface area contributed by atoms with Crippen LogP contribution in [0.15, 0.2) is 69.9 Å². The van der Waals surface area contributed by atoms with E-state index in [1.807, 2.05) is 30.3 Å². The molecule has 3 aromatic carbocycles. The minimum absolute atomic E-state index is 0.0120. The normalized spacial score (nSPS) is 15.1. The molecule has 1 aliphatic rings. The Bertz CT molecular complexity index is 1470. The third-order valence-electron chi connectivity index (χ3n) is 7.11. The van der Waals surface area contributed by atoms with Crippen LogP contribution in [0, 0.1) is 0 Å². The van der Waals surface area contributed by atoms with Crippen molar-refractivity contribution in [2.24, 2.45) is 0 Å². The number of fused-ring (bicyclic) bond motifs is 1. The fourth-order valence-electron chi connectivity index (χ4n) is 5.06. The molecule has 0 spiro atoms. The molecule has 1 saturated carbocycles. The lowest BCUT2D eigenvalue weighted by atomic mass is 9.83. The van der Waals surface area contributed by atoms with Crippen LogP contribution in [0.3, 0.4) is 0 Å². The van der Waals surface area contributed by atoms with Gasteiger partial charge in [0.05, 0.1) is 12.2 Å². The molecule has 7 nitrogen and oxygen atoms in total. The van der Waals surface area contributed by atoms with Crippen molar-refractivity contribution < 1.29 is 29.6 Å². The molecule has 0 unspecified atom stereocenters. The van der Waals surface area contributed by atoms with E-state index in [2.05, 4.69) is 0 Å². The summed E-state index contributed by atoms with van der Waals surface area (Å²) in [5.41, 5.74) is 0.573. The van der Waals surface area contributed by atoms with Crippen molar-refractivity contribution in [3.05, 3.63) is 82.0 Å². The van der Waals surface area contributed by atoms with E-state index in [9.17, 15) is 25.2 Å². The van der Waals surface area contributed by atoms with Crippen LogP contribution in [0.5, 0.6) is 23.0 Å². The van der Waals surface area contributed by atoms with Crippen molar-refractivity contribution >= 4 is 11.0 Å². The highest BCUT2D eigenvalue weighted by atomic mass is 16.5. The smallest absolute Gasteiger partial charge is 0.238 e. The summed E-state index contributed by atoms with van der Waals surface area (Å²) in [6.45, 7) is 0.151. The van der Waals surface area contributed by atoms with Gasteiger partial charge < -0.3 is 29.6 Å². The average Bonchev–Trinajstić information content (AvgIpc) is 2.88. The second-order valence-electron chi connectivity index (χ2n) is 9.82. The second-order valence-corrected chi connectivity index (χ2v) is 9.82. The minimum atomic E-state index is -0.790. The molecular formula is C30H30O7. The molecule has 0 radical (unpaired) electrons. The van der Waals surface area contributed by atoms with Crippen LogP contribution in [-0.2, 0) is 6.42 Å². The highest BCUT2D eigenvalue weighted by Crippen LogP contribution is 2.38. The van der Waals surface area contributed by atoms with Crippen LogP contribution in [-0.4, -0.2) is 32.6 Å². The van der Waals surface area contributed by atoms with Gasteiger partial charge in [-0.05, 0) is 42.2 Å². The van der Waals surface area contributed by atoms with Gasteiger partial charge in [0.15, 0.2) is 5.76 Å².